The number of hydrogen-bond acceptors (Lipinski definition) is 4. The van der Waals surface area contributed by atoms with E-state index in [-0.39, 0.29) is 5.91 Å². The SMILES string of the molecule is CC[C@@H](N)C(=O)Nc1cc(C(=O)OC)ccc1C. The molecular formula is C13H18N2O3. The third-order valence-electron chi connectivity index (χ3n) is 2.69. The minimum Gasteiger partial charge on any atom is -0.465 e. The van der Waals surface area contributed by atoms with Crippen LogP contribution in [0.5, 0.6) is 0 Å². The maximum Gasteiger partial charge on any atom is 0.337 e. The summed E-state index contributed by atoms with van der Waals surface area (Å²) < 4.78 is 4.63. The van der Waals surface area contributed by atoms with Crippen LogP contribution >= 0.6 is 0 Å². The maximum absolute atomic E-state index is 11.7. The molecule has 18 heavy (non-hydrogen) atoms. The number of esters is 1. The zero-order chi connectivity index (χ0) is 13.7. The zero-order valence-corrected chi connectivity index (χ0v) is 10.8. The molecule has 5 heteroatoms. The van der Waals surface area contributed by atoms with E-state index in [1.54, 1.807) is 18.2 Å². The molecule has 98 valence electrons. The minimum atomic E-state index is -0.550. The van der Waals surface area contributed by atoms with E-state index in [2.05, 4.69) is 10.1 Å². The molecule has 0 saturated carbocycles. The molecule has 0 spiro atoms. The molecule has 0 aliphatic rings. The van der Waals surface area contributed by atoms with E-state index in [0.29, 0.717) is 17.7 Å². The van der Waals surface area contributed by atoms with E-state index < -0.39 is 12.0 Å². The minimum absolute atomic E-state index is 0.261. The maximum atomic E-state index is 11.7. The molecule has 5 nitrogen and oxygen atoms in total. The summed E-state index contributed by atoms with van der Waals surface area (Å²) in [5, 5.41) is 2.71. The van der Waals surface area contributed by atoms with Gasteiger partial charge in [0.25, 0.3) is 0 Å². The molecule has 0 aromatic heterocycles. The third-order valence-corrected chi connectivity index (χ3v) is 2.69. The number of nitrogens with one attached hydrogen (secondary N) is 1. The van der Waals surface area contributed by atoms with E-state index in [1.807, 2.05) is 13.8 Å². The quantitative estimate of drug-likeness (QED) is 0.793. The lowest BCUT2D eigenvalue weighted by atomic mass is 10.1. The number of nitrogens with two attached hydrogens (primary N) is 1. The predicted molar refractivity (Wildman–Crippen MR) is 69.4 cm³/mol. The van der Waals surface area contributed by atoms with Crippen molar-refractivity contribution in [3.05, 3.63) is 29.3 Å². The first-order valence-electron chi connectivity index (χ1n) is 5.75. The van der Waals surface area contributed by atoms with Crippen molar-refractivity contribution in [2.45, 2.75) is 26.3 Å². The number of carbonyl (C=O) groups excluding carboxylic acids is 2. The highest BCUT2D eigenvalue weighted by molar-refractivity contribution is 5.97. The van der Waals surface area contributed by atoms with Crippen LogP contribution in [0.3, 0.4) is 0 Å². The van der Waals surface area contributed by atoms with Crippen molar-refractivity contribution in [1.29, 1.82) is 0 Å². The molecule has 0 fully saturated rings. The average molecular weight is 250 g/mol. The van der Waals surface area contributed by atoms with Gasteiger partial charge in [0.2, 0.25) is 5.91 Å². The van der Waals surface area contributed by atoms with Crippen molar-refractivity contribution in [2.24, 2.45) is 5.73 Å². The van der Waals surface area contributed by atoms with E-state index in [0.717, 1.165) is 5.56 Å². The van der Waals surface area contributed by atoms with Crippen molar-refractivity contribution in [3.63, 3.8) is 0 Å². The van der Waals surface area contributed by atoms with Crippen molar-refractivity contribution in [1.82, 2.24) is 0 Å². The Morgan fingerprint density at radius 2 is 2.11 bits per heavy atom. The highest BCUT2D eigenvalue weighted by Crippen LogP contribution is 2.17. The van der Waals surface area contributed by atoms with E-state index in [9.17, 15) is 9.59 Å². The monoisotopic (exact) mass is 250 g/mol. The first-order chi connectivity index (χ1) is 8.49. The van der Waals surface area contributed by atoms with Gasteiger partial charge >= 0.3 is 5.97 Å². The summed E-state index contributed by atoms with van der Waals surface area (Å²) in [7, 11) is 1.31. The summed E-state index contributed by atoms with van der Waals surface area (Å²) in [5.74, 6) is -0.701. The first-order valence-corrected chi connectivity index (χ1v) is 5.75. The van der Waals surface area contributed by atoms with Gasteiger partial charge in [0.1, 0.15) is 0 Å². The molecule has 0 radical (unpaired) electrons. The van der Waals surface area contributed by atoms with Gasteiger partial charge in [-0.1, -0.05) is 13.0 Å². The van der Waals surface area contributed by atoms with Crippen LogP contribution in [0.1, 0.15) is 29.3 Å². The number of anilines is 1. The molecule has 0 bridgehead atoms. The molecule has 1 aromatic rings. The van der Waals surface area contributed by atoms with Gasteiger partial charge in [0, 0.05) is 5.69 Å². The lowest BCUT2D eigenvalue weighted by Crippen LogP contribution is -2.35. The molecule has 1 aromatic carbocycles. The number of amides is 1. The van der Waals surface area contributed by atoms with E-state index >= 15 is 0 Å². The Morgan fingerprint density at radius 3 is 2.67 bits per heavy atom. The molecule has 1 rings (SSSR count). The molecule has 1 amide bonds. The number of ether oxygens (including phenoxy) is 1. The summed E-state index contributed by atoms with van der Waals surface area (Å²) in [6.45, 7) is 3.68. The van der Waals surface area contributed by atoms with Crippen LogP contribution in [-0.4, -0.2) is 25.0 Å². The second-order valence-corrected chi connectivity index (χ2v) is 4.03. The summed E-state index contributed by atoms with van der Waals surface area (Å²) in [6.07, 6.45) is 0.557. The standard InChI is InChI=1S/C13H18N2O3/c1-4-10(14)12(16)15-11-7-9(13(17)18-3)6-5-8(11)2/h5-7,10H,4,14H2,1-3H3,(H,15,16)/t10-/m1/s1. The molecule has 0 aliphatic carbocycles. The molecule has 0 aliphatic heterocycles. The summed E-state index contributed by atoms with van der Waals surface area (Å²) in [5.41, 5.74) is 7.46. The fraction of sp³-hybridized carbons (Fsp3) is 0.385. The second-order valence-electron chi connectivity index (χ2n) is 4.03. The van der Waals surface area contributed by atoms with Crippen molar-refractivity contribution >= 4 is 17.6 Å². The Hall–Kier alpha value is -1.88. The Kier molecular flexibility index (Phi) is 4.85. The van der Waals surface area contributed by atoms with E-state index in [4.69, 9.17) is 5.73 Å². The molecule has 1 atom stereocenters. The van der Waals surface area contributed by atoms with Gasteiger partial charge in [-0.05, 0) is 31.0 Å². The Balaban J connectivity index is 2.94. The zero-order valence-electron chi connectivity index (χ0n) is 10.8. The van der Waals surface area contributed by atoms with Crippen LogP contribution in [-0.2, 0) is 9.53 Å². The molecule has 0 saturated heterocycles. The Labute approximate surface area is 106 Å². The van der Waals surface area contributed by atoms with Gasteiger partial charge in [0.15, 0.2) is 0 Å². The highest BCUT2D eigenvalue weighted by atomic mass is 16.5. The van der Waals surface area contributed by atoms with Crippen molar-refractivity contribution in [2.75, 3.05) is 12.4 Å². The predicted octanol–water partition coefficient (Wildman–Crippen LogP) is 1.46. The molecule has 3 N–H and O–H groups in total. The number of aryl methyl sites for hydroxylation is 1. The summed E-state index contributed by atoms with van der Waals surface area (Å²) in [4.78, 5) is 23.1. The number of carbonyl (C=O) groups is 2. The largest absolute Gasteiger partial charge is 0.465 e. The van der Waals surface area contributed by atoms with Crippen LogP contribution in [0.25, 0.3) is 0 Å². The number of benzene rings is 1. The van der Waals surface area contributed by atoms with Crippen LogP contribution in [0, 0.1) is 6.92 Å². The normalized spacial score (nSPS) is 11.8. The van der Waals surface area contributed by atoms with Crippen LogP contribution in [0.2, 0.25) is 0 Å². The summed E-state index contributed by atoms with van der Waals surface area (Å²) >= 11 is 0. The van der Waals surface area contributed by atoms with Gasteiger partial charge in [-0.15, -0.1) is 0 Å². The van der Waals surface area contributed by atoms with Crippen molar-refractivity contribution in [3.8, 4) is 0 Å². The highest BCUT2D eigenvalue weighted by Gasteiger charge is 2.14. The third kappa shape index (κ3) is 3.30. The van der Waals surface area contributed by atoms with Gasteiger partial charge < -0.3 is 15.8 Å². The smallest absolute Gasteiger partial charge is 0.337 e. The Bertz CT molecular complexity index is 458. The molecule has 0 unspecified atom stereocenters. The lowest BCUT2D eigenvalue weighted by molar-refractivity contribution is -0.117. The molecule has 0 heterocycles. The van der Waals surface area contributed by atoms with Crippen molar-refractivity contribution < 1.29 is 14.3 Å². The van der Waals surface area contributed by atoms with E-state index in [1.165, 1.54) is 7.11 Å². The number of rotatable bonds is 4. The van der Waals surface area contributed by atoms with Crippen LogP contribution in [0.4, 0.5) is 5.69 Å². The average Bonchev–Trinajstić information content (AvgIpc) is 2.39. The first kappa shape index (κ1) is 14.2. The Morgan fingerprint density at radius 1 is 1.44 bits per heavy atom. The van der Waals surface area contributed by atoms with Gasteiger partial charge in [-0.25, -0.2) is 4.79 Å². The van der Waals surface area contributed by atoms with Gasteiger partial charge in [-0.3, -0.25) is 4.79 Å². The molecular weight excluding hydrogens is 232 g/mol. The number of methoxy groups -OCH3 is 1. The van der Waals surface area contributed by atoms with Gasteiger partial charge in [0.05, 0.1) is 18.7 Å². The fourth-order valence-electron chi connectivity index (χ4n) is 1.41. The fourth-order valence-corrected chi connectivity index (χ4v) is 1.41. The van der Waals surface area contributed by atoms with Crippen LogP contribution < -0.4 is 11.1 Å². The number of hydrogen-bond donors (Lipinski definition) is 2. The van der Waals surface area contributed by atoms with Gasteiger partial charge in [-0.2, -0.15) is 0 Å². The summed E-state index contributed by atoms with van der Waals surface area (Å²) in [6, 6.07) is 4.43. The topological polar surface area (TPSA) is 81.4 Å². The van der Waals surface area contributed by atoms with Crippen LogP contribution in [0.15, 0.2) is 18.2 Å². The lowest BCUT2D eigenvalue weighted by Gasteiger charge is -2.13. The second kappa shape index (κ2) is 6.16.